The average Bonchev–Trinajstić information content (AvgIpc) is 3.07. The first-order valence-corrected chi connectivity index (χ1v) is 16.6. The normalized spacial score (nSPS) is 15.1. The van der Waals surface area contributed by atoms with E-state index in [9.17, 15) is 33.4 Å². The van der Waals surface area contributed by atoms with Gasteiger partial charge in [-0.2, -0.15) is 4.39 Å². The van der Waals surface area contributed by atoms with E-state index in [0.29, 0.717) is 30.1 Å². The number of halogens is 3. The van der Waals surface area contributed by atoms with Crippen LogP contribution in [0.2, 0.25) is 0 Å². The van der Waals surface area contributed by atoms with E-state index < -0.39 is 33.0 Å². The monoisotopic (exact) mass is 686 g/mol. The third-order valence-electron chi connectivity index (χ3n) is 7.16. The van der Waals surface area contributed by atoms with E-state index in [1.165, 1.54) is 25.0 Å². The van der Waals surface area contributed by atoms with E-state index >= 15 is 0 Å². The lowest BCUT2D eigenvalue weighted by Gasteiger charge is -2.32. The fraction of sp³-hybridized carbons (Fsp3) is 0.312. The van der Waals surface area contributed by atoms with Crippen molar-refractivity contribution in [1.29, 1.82) is 0 Å². The van der Waals surface area contributed by atoms with Crippen molar-refractivity contribution in [3.8, 4) is 0 Å². The minimum absolute atomic E-state index is 0.0396. The van der Waals surface area contributed by atoms with Gasteiger partial charge in [0.05, 0.1) is 19.9 Å². The number of benzene rings is 2. The van der Waals surface area contributed by atoms with E-state index in [0.717, 1.165) is 59.4 Å². The molecule has 47 heavy (non-hydrogen) atoms. The Morgan fingerprint density at radius 2 is 1.21 bits per heavy atom. The molecule has 15 heteroatoms. The van der Waals surface area contributed by atoms with Crippen LogP contribution in [0.25, 0.3) is 0 Å². The molecule has 4 heterocycles. The lowest BCUT2D eigenvalue weighted by molar-refractivity contribution is -0.387. The third-order valence-corrected chi connectivity index (χ3v) is 9.74. The van der Waals surface area contributed by atoms with Crippen LogP contribution in [0.1, 0.15) is 25.7 Å². The smallest absolute Gasteiger partial charge is 0.304 e. The SMILES string of the molecule is O=[N+]([O-])c1ccc(F)cc1F.O=[N+]([O-])c1ccc(F)cc1N1CCC(Sc2ccccn2)CC1.c1ccc(SC2CCNCC2)nc1. The molecule has 0 aliphatic carbocycles. The molecule has 0 atom stereocenters. The molecule has 0 saturated carbocycles. The van der Waals surface area contributed by atoms with Gasteiger partial charge in [-0.25, -0.2) is 18.7 Å². The number of piperidine rings is 2. The molecule has 2 aromatic heterocycles. The summed E-state index contributed by atoms with van der Waals surface area (Å²) in [4.78, 5) is 30.3. The van der Waals surface area contributed by atoms with E-state index in [2.05, 4.69) is 27.4 Å². The number of pyridine rings is 2. The molecule has 0 bridgehead atoms. The fourth-order valence-electron chi connectivity index (χ4n) is 4.84. The molecule has 2 fully saturated rings. The zero-order valence-electron chi connectivity index (χ0n) is 25.2. The maximum absolute atomic E-state index is 13.5. The Morgan fingerprint density at radius 3 is 1.70 bits per heavy atom. The zero-order valence-corrected chi connectivity index (χ0v) is 26.8. The van der Waals surface area contributed by atoms with Gasteiger partial charge >= 0.3 is 5.69 Å². The predicted molar refractivity (Wildman–Crippen MR) is 177 cm³/mol. The van der Waals surface area contributed by atoms with E-state index in [1.807, 2.05) is 47.1 Å². The molecule has 0 amide bonds. The number of thioether (sulfide) groups is 2. The number of rotatable bonds is 7. The first kappa shape index (κ1) is 35.6. The number of nitrogens with zero attached hydrogens (tertiary/aromatic N) is 5. The van der Waals surface area contributed by atoms with Gasteiger partial charge in [-0.05, 0) is 75.2 Å². The number of hydrogen-bond acceptors (Lipinski definition) is 10. The standard InChI is InChI=1S/C16H16FN3O2S.C10H14N2S.C6H3F2NO2/c17-12-4-5-14(20(21)22)15(11-12)19-9-6-13(7-10-19)23-16-3-1-2-8-18-16;1-2-6-12-10(3-1)13-9-4-7-11-8-5-9;7-4-1-2-6(9(10)11)5(8)3-4/h1-5,8,11,13H,6-7,9-10H2;1-3,6,9,11H,4-5,7-8H2;1-3H. The van der Waals surface area contributed by atoms with Crippen LogP contribution in [0.15, 0.2) is 95.2 Å². The van der Waals surface area contributed by atoms with Crippen LogP contribution in [0, 0.1) is 37.7 Å². The summed E-state index contributed by atoms with van der Waals surface area (Å²) < 4.78 is 38.0. The summed E-state index contributed by atoms with van der Waals surface area (Å²) in [7, 11) is 0. The molecule has 2 saturated heterocycles. The first-order valence-electron chi connectivity index (χ1n) is 14.8. The minimum Gasteiger partial charge on any atom is -0.366 e. The van der Waals surface area contributed by atoms with Gasteiger partial charge < -0.3 is 10.2 Å². The number of anilines is 1. The van der Waals surface area contributed by atoms with Crippen molar-refractivity contribution in [2.75, 3.05) is 31.1 Å². The predicted octanol–water partition coefficient (Wildman–Crippen LogP) is 7.69. The maximum atomic E-state index is 13.5. The van der Waals surface area contributed by atoms with Gasteiger partial charge in [-0.1, -0.05) is 12.1 Å². The van der Waals surface area contributed by atoms with Crippen molar-refractivity contribution >= 4 is 40.6 Å². The molecule has 6 rings (SSSR count). The van der Waals surface area contributed by atoms with Gasteiger partial charge in [0.25, 0.3) is 5.69 Å². The molecule has 0 unspecified atom stereocenters. The van der Waals surface area contributed by atoms with Crippen molar-refractivity contribution < 1.29 is 23.0 Å². The molecule has 0 spiro atoms. The Bertz CT molecular complexity index is 1600. The Labute approximate surface area is 278 Å². The molecule has 2 aliphatic rings. The number of nitro benzene ring substituents is 2. The lowest BCUT2D eigenvalue weighted by Crippen LogP contribution is -2.35. The number of nitro groups is 2. The summed E-state index contributed by atoms with van der Waals surface area (Å²) in [6.07, 6.45) is 7.93. The Morgan fingerprint density at radius 1 is 0.702 bits per heavy atom. The topological polar surface area (TPSA) is 127 Å². The van der Waals surface area contributed by atoms with Crippen molar-refractivity contribution in [2.45, 2.75) is 46.2 Å². The largest absolute Gasteiger partial charge is 0.366 e. The molecule has 248 valence electrons. The van der Waals surface area contributed by atoms with E-state index in [4.69, 9.17) is 0 Å². The number of aromatic nitrogens is 2. The van der Waals surface area contributed by atoms with E-state index in [-0.39, 0.29) is 5.69 Å². The lowest BCUT2D eigenvalue weighted by atomic mass is 10.1. The van der Waals surface area contributed by atoms with Crippen LogP contribution in [-0.4, -0.2) is 56.5 Å². The summed E-state index contributed by atoms with van der Waals surface area (Å²) in [5.41, 5.74) is -0.384. The van der Waals surface area contributed by atoms with Crippen molar-refractivity contribution in [3.63, 3.8) is 0 Å². The van der Waals surface area contributed by atoms with Gasteiger partial charge in [0.15, 0.2) is 0 Å². The van der Waals surface area contributed by atoms with E-state index in [1.54, 1.807) is 18.0 Å². The highest BCUT2D eigenvalue weighted by Crippen LogP contribution is 2.35. The average molecular weight is 687 g/mol. The van der Waals surface area contributed by atoms with Crippen LogP contribution < -0.4 is 10.2 Å². The second-order valence-corrected chi connectivity index (χ2v) is 13.1. The number of hydrogen-bond donors (Lipinski definition) is 1. The fourth-order valence-corrected chi connectivity index (χ4v) is 7.00. The van der Waals surface area contributed by atoms with Crippen LogP contribution in [-0.2, 0) is 0 Å². The molecule has 10 nitrogen and oxygen atoms in total. The molecular weight excluding hydrogens is 654 g/mol. The molecule has 2 aliphatic heterocycles. The van der Waals surface area contributed by atoms with Gasteiger partial charge in [-0.3, -0.25) is 20.2 Å². The zero-order chi connectivity index (χ0) is 33.6. The van der Waals surface area contributed by atoms with Crippen molar-refractivity contribution in [3.05, 3.63) is 123 Å². The Hall–Kier alpha value is -4.21. The van der Waals surface area contributed by atoms with Crippen molar-refractivity contribution in [2.24, 2.45) is 0 Å². The summed E-state index contributed by atoms with van der Waals surface area (Å²) in [5.74, 6) is -2.43. The van der Waals surface area contributed by atoms with Gasteiger partial charge in [0.2, 0.25) is 5.82 Å². The van der Waals surface area contributed by atoms with Crippen LogP contribution in [0.4, 0.5) is 30.2 Å². The molecule has 0 radical (unpaired) electrons. The van der Waals surface area contributed by atoms with Crippen LogP contribution in [0.5, 0.6) is 0 Å². The molecule has 2 aromatic carbocycles. The van der Waals surface area contributed by atoms with Crippen molar-refractivity contribution in [1.82, 2.24) is 15.3 Å². The molecular formula is C32H33F3N6O4S2. The Kier molecular flexibility index (Phi) is 13.8. The van der Waals surface area contributed by atoms with Gasteiger partial charge in [0.1, 0.15) is 17.3 Å². The highest BCUT2D eigenvalue weighted by atomic mass is 32.2. The maximum Gasteiger partial charge on any atom is 0.304 e. The van der Waals surface area contributed by atoms with Gasteiger partial charge in [0, 0.05) is 60.2 Å². The quantitative estimate of drug-likeness (QED) is 0.153. The van der Waals surface area contributed by atoms with Crippen LogP contribution >= 0.6 is 23.5 Å². The number of nitrogens with one attached hydrogen (secondary N) is 1. The first-order chi connectivity index (χ1) is 22.7. The molecule has 4 aromatic rings. The summed E-state index contributed by atoms with van der Waals surface area (Å²) >= 11 is 3.64. The summed E-state index contributed by atoms with van der Waals surface area (Å²) in [5, 5.41) is 27.8. The second kappa shape index (κ2) is 18.2. The second-order valence-electron chi connectivity index (χ2n) is 10.5. The summed E-state index contributed by atoms with van der Waals surface area (Å²) in [6.45, 7) is 3.67. The highest BCUT2D eigenvalue weighted by molar-refractivity contribution is 8.00. The minimum atomic E-state index is -1.16. The Balaban J connectivity index is 0.000000176. The van der Waals surface area contributed by atoms with Crippen LogP contribution in [0.3, 0.4) is 0 Å². The highest BCUT2D eigenvalue weighted by Gasteiger charge is 2.26. The molecule has 1 N–H and O–H groups in total. The summed E-state index contributed by atoms with van der Waals surface area (Å²) in [6, 6.07) is 17.6. The third kappa shape index (κ3) is 11.5. The van der Waals surface area contributed by atoms with Gasteiger partial charge in [-0.15, -0.1) is 23.5 Å².